The van der Waals surface area contributed by atoms with E-state index >= 15 is 0 Å². The van der Waals surface area contributed by atoms with Crippen molar-refractivity contribution in [1.29, 1.82) is 0 Å². The Bertz CT molecular complexity index is 830. The Hall–Kier alpha value is -3.14. The quantitative estimate of drug-likeness (QED) is 0.648. The van der Waals surface area contributed by atoms with E-state index in [-0.39, 0.29) is 11.7 Å². The zero-order valence-electron chi connectivity index (χ0n) is 14.3. The molecule has 0 aliphatic heterocycles. The van der Waals surface area contributed by atoms with Gasteiger partial charge in [-0.15, -0.1) is 0 Å². The summed E-state index contributed by atoms with van der Waals surface area (Å²) in [5.41, 5.74) is 3.24. The highest BCUT2D eigenvalue weighted by Crippen LogP contribution is 2.19. The summed E-state index contributed by atoms with van der Waals surface area (Å²) in [4.78, 5) is 12.0. The summed E-state index contributed by atoms with van der Waals surface area (Å²) >= 11 is 0. The predicted octanol–water partition coefficient (Wildman–Crippen LogP) is 4.23. The van der Waals surface area contributed by atoms with E-state index in [0.29, 0.717) is 25.3 Å². The molecule has 0 aromatic heterocycles. The number of hydrogen-bond acceptors (Lipinski definition) is 2. The molecule has 3 aromatic carbocycles. The smallest absolute Gasteiger partial charge is 0.224 e. The van der Waals surface area contributed by atoms with Gasteiger partial charge in [0.05, 0.1) is 13.0 Å². The number of carbonyl (C=O) groups is 1. The number of carbonyl (C=O) groups excluding carboxylic acids is 1. The monoisotopic (exact) mass is 349 g/mol. The normalized spacial score (nSPS) is 10.3. The minimum atomic E-state index is -0.302. The molecular weight excluding hydrogens is 329 g/mol. The largest absolute Gasteiger partial charge is 0.492 e. The van der Waals surface area contributed by atoms with Gasteiger partial charge in [-0.2, -0.15) is 0 Å². The van der Waals surface area contributed by atoms with Crippen LogP contribution in [-0.2, 0) is 11.2 Å². The van der Waals surface area contributed by atoms with Crippen molar-refractivity contribution in [3.63, 3.8) is 0 Å². The molecule has 0 aliphatic rings. The summed E-state index contributed by atoms with van der Waals surface area (Å²) in [5.74, 6) is 0.223. The van der Waals surface area contributed by atoms with Crippen LogP contribution in [0.4, 0.5) is 4.39 Å². The van der Waals surface area contributed by atoms with Crippen LogP contribution in [0, 0.1) is 5.82 Å². The molecule has 0 unspecified atom stereocenters. The zero-order valence-corrected chi connectivity index (χ0v) is 14.3. The molecule has 3 aromatic rings. The van der Waals surface area contributed by atoms with E-state index in [9.17, 15) is 9.18 Å². The van der Waals surface area contributed by atoms with Crippen molar-refractivity contribution in [1.82, 2.24) is 5.32 Å². The fraction of sp³-hybridized carbons (Fsp3) is 0.136. The van der Waals surface area contributed by atoms with Crippen LogP contribution in [0.25, 0.3) is 11.1 Å². The van der Waals surface area contributed by atoms with E-state index < -0.39 is 0 Å². The summed E-state index contributed by atoms with van der Waals surface area (Å²) in [6, 6.07) is 23.9. The number of halogens is 1. The topological polar surface area (TPSA) is 38.3 Å². The molecule has 0 aliphatic carbocycles. The SMILES string of the molecule is O=C(Cc1ccc(-c2ccccc2)cc1)NCCOc1ccc(F)cc1. The molecule has 0 saturated heterocycles. The van der Waals surface area contributed by atoms with E-state index in [0.717, 1.165) is 16.7 Å². The first-order valence-corrected chi connectivity index (χ1v) is 8.50. The van der Waals surface area contributed by atoms with Crippen LogP contribution in [0.2, 0.25) is 0 Å². The van der Waals surface area contributed by atoms with Gasteiger partial charge >= 0.3 is 0 Å². The number of benzene rings is 3. The van der Waals surface area contributed by atoms with Gasteiger partial charge in [-0.1, -0.05) is 54.6 Å². The molecular formula is C22H20FNO2. The lowest BCUT2D eigenvalue weighted by Crippen LogP contribution is -2.29. The number of rotatable bonds is 7. The minimum absolute atomic E-state index is 0.0554. The third-order valence-electron chi connectivity index (χ3n) is 3.93. The van der Waals surface area contributed by atoms with Gasteiger partial charge in [0.15, 0.2) is 0 Å². The maximum atomic E-state index is 12.8. The van der Waals surface area contributed by atoms with Crippen molar-refractivity contribution >= 4 is 5.91 Å². The molecule has 132 valence electrons. The van der Waals surface area contributed by atoms with E-state index in [1.54, 1.807) is 12.1 Å². The van der Waals surface area contributed by atoms with Crippen LogP contribution in [0.5, 0.6) is 5.75 Å². The first-order valence-electron chi connectivity index (χ1n) is 8.50. The second-order valence-electron chi connectivity index (χ2n) is 5.89. The number of amides is 1. The van der Waals surface area contributed by atoms with Crippen molar-refractivity contribution in [2.24, 2.45) is 0 Å². The lowest BCUT2D eigenvalue weighted by atomic mass is 10.0. The first-order chi connectivity index (χ1) is 12.7. The Morgan fingerprint density at radius 3 is 2.19 bits per heavy atom. The molecule has 3 nitrogen and oxygen atoms in total. The van der Waals surface area contributed by atoms with Crippen LogP contribution in [-0.4, -0.2) is 19.1 Å². The summed E-state index contributed by atoms with van der Waals surface area (Å²) < 4.78 is 18.2. The summed E-state index contributed by atoms with van der Waals surface area (Å²) in [5, 5.41) is 2.82. The third-order valence-corrected chi connectivity index (χ3v) is 3.93. The lowest BCUT2D eigenvalue weighted by Gasteiger charge is -2.08. The van der Waals surface area contributed by atoms with Crippen molar-refractivity contribution in [3.05, 3.63) is 90.2 Å². The van der Waals surface area contributed by atoms with E-state index in [1.807, 2.05) is 42.5 Å². The Balaban J connectivity index is 1.42. The van der Waals surface area contributed by atoms with Crippen LogP contribution in [0.15, 0.2) is 78.9 Å². The van der Waals surface area contributed by atoms with Crippen LogP contribution >= 0.6 is 0 Å². The highest BCUT2D eigenvalue weighted by Gasteiger charge is 2.04. The molecule has 26 heavy (non-hydrogen) atoms. The molecule has 1 N–H and O–H groups in total. The van der Waals surface area contributed by atoms with Gasteiger partial charge in [-0.25, -0.2) is 4.39 Å². The standard InChI is InChI=1S/C22H20FNO2/c23-20-10-12-21(13-11-20)26-15-14-24-22(25)16-17-6-8-19(9-7-17)18-4-2-1-3-5-18/h1-13H,14-16H2,(H,24,25). The Morgan fingerprint density at radius 1 is 0.846 bits per heavy atom. The molecule has 0 saturated carbocycles. The summed E-state index contributed by atoms with van der Waals surface area (Å²) in [6.07, 6.45) is 0.325. The highest BCUT2D eigenvalue weighted by molar-refractivity contribution is 5.78. The maximum Gasteiger partial charge on any atom is 0.224 e. The first kappa shape index (κ1) is 17.7. The van der Waals surface area contributed by atoms with Crippen molar-refractivity contribution in [3.8, 4) is 16.9 Å². The van der Waals surface area contributed by atoms with E-state index in [4.69, 9.17) is 4.74 Å². The average molecular weight is 349 g/mol. The second kappa shape index (κ2) is 8.81. The number of nitrogens with one attached hydrogen (secondary N) is 1. The van der Waals surface area contributed by atoms with Crippen LogP contribution in [0.3, 0.4) is 0 Å². The van der Waals surface area contributed by atoms with Gasteiger partial charge in [0.2, 0.25) is 5.91 Å². The molecule has 0 atom stereocenters. The second-order valence-corrected chi connectivity index (χ2v) is 5.89. The third kappa shape index (κ3) is 5.18. The van der Waals surface area contributed by atoms with E-state index in [1.165, 1.54) is 12.1 Å². The van der Waals surface area contributed by atoms with Crippen molar-refractivity contribution in [2.45, 2.75) is 6.42 Å². The summed E-state index contributed by atoms with van der Waals surface area (Å²) in [7, 11) is 0. The predicted molar refractivity (Wildman–Crippen MR) is 100 cm³/mol. The number of hydrogen-bond donors (Lipinski definition) is 1. The van der Waals surface area contributed by atoms with E-state index in [2.05, 4.69) is 17.4 Å². The Labute approximate surface area is 152 Å². The molecule has 0 radical (unpaired) electrons. The van der Waals surface area contributed by atoms with Gasteiger partial charge in [0, 0.05) is 0 Å². The molecule has 1 amide bonds. The van der Waals surface area contributed by atoms with Crippen molar-refractivity contribution in [2.75, 3.05) is 13.2 Å². The van der Waals surface area contributed by atoms with Gasteiger partial charge in [0.1, 0.15) is 18.2 Å². The Kier molecular flexibility index (Phi) is 5.99. The summed E-state index contributed by atoms with van der Waals surface area (Å²) in [6.45, 7) is 0.739. The molecule has 0 spiro atoms. The zero-order chi connectivity index (χ0) is 18.2. The molecule has 0 fully saturated rings. The van der Waals surface area contributed by atoms with Gasteiger partial charge in [-0.05, 0) is 41.0 Å². The van der Waals surface area contributed by atoms with Crippen LogP contribution < -0.4 is 10.1 Å². The molecule has 0 heterocycles. The van der Waals surface area contributed by atoms with Gasteiger partial charge in [0.25, 0.3) is 0 Å². The van der Waals surface area contributed by atoms with Gasteiger partial charge < -0.3 is 10.1 Å². The maximum absolute atomic E-state index is 12.8. The fourth-order valence-electron chi connectivity index (χ4n) is 2.58. The molecule has 3 rings (SSSR count). The van der Waals surface area contributed by atoms with Gasteiger partial charge in [-0.3, -0.25) is 4.79 Å². The molecule has 4 heteroatoms. The fourth-order valence-corrected chi connectivity index (χ4v) is 2.58. The van der Waals surface area contributed by atoms with Crippen molar-refractivity contribution < 1.29 is 13.9 Å². The lowest BCUT2D eigenvalue weighted by molar-refractivity contribution is -0.120. The average Bonchev–Trinajstić information content (AvgIpc) is 2.68. The molecule has 0 bridgehead atoms. The minimum Gasteiger partial charge on any atom is -0.492 e. The van der Waals surface area contributed by atoms with Crippen LogP contribution in [0.1, 0.15) is 5.56 Å². The highest BCUT2D eigenvalue weighted by atomic mass is 19.1. The number of ether oxygens (including phenoxy) is 1. The Morgan fingerprint density at radius 2 is 1.50 bits per heavy atom.